The van der Waals surface area contributed by atoms with Crippen molar-refractivity contribution in [3.8, 4) is 56.4 Å². The molecule has 0 spiro atoms. The van der Waals surface area contributed by atoms with Gasteiger partial charge in [-0.05, 0) is 40.5 Å². The lowest BCUT2D eigenvalue weighted by Crippen LogP contribution is -2.01. The van der Waals surface area contributed by atoms with E-state index in [1.807, 2.05) is 24.3 Å². The summed E-state index contributed by atoms with van der Waals surface area (Å²) in [6.07, 6.45) is 0. The van der Waals surface area contributed by atoms with Crippen molar-refractivity contribution in [1.29, 1.82) is 0 Å². The predicted molar refractivity (Wildman–Crippen MR) is 180 cm³/mol. The third-order valence-electron chi connectivity index (χ3n) is 7.76. The van der Waals surface area contributed by atoms with Gasteiger partial charge >= 0.3 is 0 Å². The molecule has 0 unspecified atom stereocenters. The maximum absolute atomic E-state index is 5.19. The van der Waals surface area contributed by atoms with Crippen LogP contribution in [-0.2, 0) is 0 Å². The Kier molecular flexibility index (Phi) is 6.32. The van der Waals surface area contributed by atoms with Gasteiger partial charge in [-0.1, -0.05) is 133 Å². The molecule has 0 N–H and O–H groups in total. The third-order valence-corrected chi connectivity index (χ3v) is 8.90. The van der Waals surface area contributed by atoms with Crippen LogP contribution in [0.2, 0.25) is 0 Å². The number of thiophene rings is 1. The Balaban J connectivity index is 1.35. The molecule has 0 aliphatic heterocycles. The van der Waals surface area contributed by atoms with Gasteiger partial charge in [0.2, 0.25) is 0 Å². The Labute approximate surface area is 253 Å². The van der Waals surface area contributed by atoms with Gasteiger partial charge in [0.25, 0.3) is 0 Å². The van der Waals surface area contributed by atoms with Crippen molar-refractivity contribution < 1.29 is 0 Å². The van der Waals surface area contributed by atoms with Gasteiger partial charge in [0.05, 0.1) is 0 Å². The lowest BCUT2D eigenvalue weighted by molar-refractivity contribution is 1.08. The van der Waals surface area contributed by atoms with E-state index in [2.05, 4.69) is 127 Å². The van der Waals surface area contributed by atoms with E-state index in [0.29, 0.717) is 17.5 Å². The van der Waals surface area contributed by atoms with Crippen molar-refractivity contribution in [2.75, 3.05) is 0 Å². The maximum Gasteiger partial charge on any atom is 0.164 e. The second-order valence-corrected chi connectivity index (χ2v) is 11.5. The Morgan fingerprint density at radius 3 is 1.70 bits per heavy atom. The average molecular weight is 568 g/mol. The van der Waals surface area contributed by atoms with E-state index in [-0.39, 0.29) is 0 Å². The lowest BCUT2D eigenvalue weighted by Gasteiger charge is -2.13. The lowest BCUT2D eigenvalue weighted by atomic mass is 9.95. The first-order chi connectivity index (χ1) is 21.3. The van der Waals surface area contributed by atoms with E-state index in [4.69, 9.17) is 15.0 Å². The molecule has 0 aliphatic carbocycles. The molecule has 0 saturated carbocycles. The van der Waals surface area contributed by atoms with Gasteiger partial charge in [-0.25, -0.2) is 15.0 Å². The third kappa shape index (κ3) is 4.68. The van der Waals surface area contributed by atoms with Crippen LogP contribution in [0.3, 0.4) is 0 Å². The standard InChI is InChI=1S/C39H25N3S/c1-3-13-26(14-4-1)28-17-11-18-29(25-28)30-19-7-8-20-31(30)38-40-37(27-15-5-2-6-16-27)41-39(42-38)33-22-12-24-35-36(33)32-21-9-10-23-34(32)43-35/h1-25H. The molecule has 0 saturated heterocycles. The molecule has 0 amide bonds. The molecular formula is C39H25N3S. The minimum Gasteiger partial charge on any atom is -0.208 e. The molecule has 0 bridgehead atoms. The van der Waals surface area contributed by atoms with Crippen LogP contribution in [0.4, 0.5) is 0 Å². The molecule has 43 heavy (non-hydrogen) atoms. The average Bonchev–Trinajstić information content (AvgIpc) is 3.48. The second-order valence-electron chi connectivity index (χ2n) is 10.4. The zero-order chi connectivity index (χ0) is 28.6. The molecule has 0 aliphatic rings. The quantitative estimate of drug-likeness (QED) is 0.208. The van der Waals surface area contributed by atoms with Crippen LogP contribution in [0.25, 0.3) is 76.6 Å². The van der Waals surface area contributed by atoms with Crippen molar-refractivity contribution in [3.63, 3.8) is 0 Å². The Morgan fingerprint density at radius 1 is 0.349 bits per heavy atom. The summed E-state index contributed by atoms with van der Waals surface area (Å²) in [5.74, 6) is 1.98. The fourth-order valence-corrected chi connectivity index (χ4v) is 6.85. The van der Waals surface area contributed by atoms with Crippen LogP contribution >= 0.6 is 11.3 Å². The number of hydrogen-bond acceptors (Lipinski definition) is 4. The van der Waals surface area contributed by atoms with Gasteiger partial charge in [-0.3, -0.25) is 0 Å². The highest BCUT2D eigenvalue weighted by Crippen LogP contribution is 2.40. The fourth-order valence-electron chi connectivity index (χ4n) is 5.72. The van der Waals surface area contributed by atoms with E-state index in [9.17, 15) is 0 Å². The number of nitrogens with zero attached hydrogens (tertiary/aromatic N) is 3. The zero-order valence-corrected chi connectivity index (χ0v) is 24.0. The maximum atomic E-state index is 5.19. The monoisotopic (exact) mass is 567 g/mol. The first kappa shape index (κ1) is 25.3. The van der Waals surface area contributed by atoms with Gasteiger partial charge in [-0.2, -0.15) is 0 Å². The minimum absolute atomic E-state index is 0.654. The summed E-state index contributed by atoms with van der Waals surface area (Å²) in [5, 5.41) is 2.41. The summed E-state index contributed by atoms with van der Waals surface area (Å²) in [7, 11) is 0. The van der Waals surface area contributed by atoms with Gasteiger partial charge < -0.3 is 0 Å². The summed E-state index contributed by atoms with van der Waals surface area (Å²) < 4.78 is 2.48. The molecule has 0 atom stereocenters. The van der Waals surface area contributed by atoms with E-state index in [0.717, 1.165) is 27.8 Å². The molecule has 4 heteroatoms. The topological polar surface area (TPSA) is 38.7 Å². The molecule has 2 heterocycles. The van der Waals surface area contributed by atoms with E-state index in [1.165, 1.54) is 31.3 Å². The molecule has 0 fully saturated rings. The summed E-state index contributed by atoms with van der Waals surface area (Å²) in [6, 6.07) is 52.7. The summed E-state index contributed by atoms with van der Waals surface area (Å²) in [4.78, 5) is 15.3. The van der Waals surface area contributed by atoms with Gasteiger partial charge in [0, 0.05) is 36.9 Å². The van der Waals surface area contributed by atoms with Crippen LogP contribution in [0.15, 0.2) is 152 Å². The number of rotatable bonds is 5. The highest BCUT2D eigenvalue weighted by molar-refractivity contribution is 7.25. The van der Waals surface area contributed by atoms with E-state index >= 15 is 0 Å². The minimum atomic E-state index is 0.654. The summed E-state index contributed by atoms with van der Waals surface area (Å²) in [6.45, 7) is 0. The number of benzene rings is 6. The largest absolute Gasteiger partial charge is 0.208 e. The van der Waals surface area contributed by atoms with Crippen LogP contribution in [-0.4, -0.2) is 15.0 Å². The molecule has 6 aromatic carbocycles. The van der Waals surface area contributed by atoms with E-state index < -0.39 is 0 Å². The first-order valence-electron chi connectivity index (χ1n) is 14.3. The van der Waals surface area contributed by atoms with Crippen molar-refractivity contribution in [1.82, 2.24) is 15.0 Å². The number of fused-ring (bicyclic) bond motifs is 3. The van der Waals surface area contributed by atoms with Crippen molar-refractivity contribution in [2.24, 2.45) is 0 Å². The SMILES string of the molecule is c1ccc(-c2cccc(-c3ccccc3-c3nc(-c4ccccc4)nc(-c4cccc5sc6ccccc6c45)n3)c2)cc1. The van der Waals surface area contributed by atoms with Gasteiger partial charge in [0.1, 0.15) is 0 Å². The summed E-state index contributed by atoms with van der Waals surface area (Å²) in [5.41, 5.74) is 7.49. The molecule has 8 rings (SSSR count). The van der Waals surface area contributed by atoms with E-state index in [1.54, 1.807) is 11.3 Å². The van der Waals surface area contributed by atoms with Crippen molar-refractivity contribution in [2.45, 2.75) is 0 Å². The molecule has 0 radical (unpaired) electrons. The first-order valence-corrected chi connectivity index (χ1v) is 15.1. The predicted octanol–water partition coefficient (Wildman–Crippen LogP) is 10.6. The Morgan fingerprint density at radius 2 is 0.884 bits per heavy atom. The van der Waals surface area contributed by atoms with Gasteiger partial charge in [0.15, 0.2) is 17.5 Å². The van der Waals surface area contributed by atoms with Crippen LogP contribution in [0.5, 0.6) is 0 Å². The highest BCUT2D eigenvalue weighted by atomic mass is 32.1. The molecule has 3 nitrogen and oxygen atoms in total. The van der Waals surface area contributed by atoms with Crippen molar-refractivity contribution in [3.05, 3.63) is 152 Å². The Bertz CT molecular complexity index is 2240. The Hall–Kier alpha value is -5.45. The normalized spacial score (nSPS) is 11.3. The molecule has 2 aromatic heterocycles. The smallest absolute Gasteiger partial charge is 0.164 e. The molecule has 8 aromatic rings. The zero-order valence-electron chi connectivity index (χ0n) is 23.2. The number of aromatic nitrogens is 3. The second kappa shape index (κ2) is 10.8. The van der Waals surface area contributed by atoms with Crippen LogP contribution in [0, 0.1) is 0 Å². The van der Waals surface area contributed by atoms with Crippen LogP contribution in [0.1, 0.15) is 0 Å². The van der Waals surface area contributed by atoms with Gasteiger partial charge in [-0.15, -0.1) is 11.3 Å². The number of hydrogen-bond donors (Lipinski definition) is 0. The van der Waals surface area contributed by atoms with Crippen LogP contribution < -0.4 is 0 Å². The highest BCUT2D eigenvalue weighted by Gasteiger charge is 2.18. The molecule has 202 valence electrons. The fraction of sp³-hybridized carbons (Fsp3) is 0. The van der Waals surface area contributed by atoms with Crippen molar-refractivity contribution >= 4 is 31.5 Å². The molecular weight excluding hydrogens is 543 g/mol. The summed E-state index contributed by atoms with van der Waals surface area (Å²) >= 11 is 1.80.